The van der Waals surface area contributed by atoms with E-state index in [1.54, 1.807) is 18.2 Å². The van der Waals surface area contributed by atoms with Crippen molar-refractivity contribution >= 4 is 5.91 Å². The largest absolute Gasteiger partial charge is 0.454 e. The van der Waals surface area contributed by atoms with E-state index >= 15 is 0 Å². The summed E-state index contributed by atoms with van der Waals surface area (Å²) >= 11 is 0. The number of piperidine rings is 1. The van der Waals surface area contributed by atoms with Gasteiger partial charge in [-0.1, -0.05) is 0 Å². The van der Waals surface area contributed by atoms with Crippen LogP contribution in [0.4, 0.5) is 0 Å². The molecule has 0 radical (unpaired) electrons. The number of nitrogens with one attached hydrogen (secondary N) is 1. The maximum Gasteiger partial charge on any atom is 0.254 e. The van der Waals surface area contributed by atoms with Crippen molar-refractivity contribution in [1.29, 1.82) is 0 Å². The Kier molecular flexibility index (Phi) is 3.77. The van der Waals surface area contributed by atoms with Gasteiger partial charge in [0.05, 0.1) is 6.54 Å². The molecule has 1 saturated heterocycles. The summed E-state index contributed by atoms with van der Waals surface area (Å²) in [6.07, 6.45) is 2.19. The average Bonchev–Trinajstić information content (AvgIpc) is 3.33. The van der Waals surface area contributed by atoms with Crippen LogP contribution in [0.3, 0.4) is 0 Å². The summed E-state index contributed by atoms with van der Waals surface area (Å²) in [5.41, 5.74) is 0.612. The third-order valence-electron chi connectivity index (χ3n) is 5.39. The zero-order valence-corrected chi connectivity index (χ0v) is 14.5. The lowest BCUT2D eigenvalue weighted by Gasteiger charge is -2.29. The summed E-state index contributed by atoms with van der Waals surface area (Å²) in [5.74, 6) is 3.72. The zero-order chi connectivity index (χ0) is 17.5. The van der Waals surface area contributed by atoms with Gasteiger partial charge in [0.15, 0.2) is 17.3 Å². The molecule has 26 heavy (non-hydrogen) atoms. The number of carbonyl (C=O) groups excluding carboxylic acids is 1. The fraction of sp³-hybridized carbons (Fsp3) is 0.500. The summed E-state index contributed by atoms with van der Waals surface area (Å²) in [5, 5.41) is 12.2. The quantitative estimate of drug-likeness (QED) is 0.870. The normalized spacial score (nSPS) is 19.5. The summed E-state index contributed by atoms with van der Waals surface area (Å²) < 4.78 is 12.9. The Labute approximate surface area is 151 Å². The summed E-state index contributed by atoms with van der Waals surface area (Å²) in [4.78, 5) is 14.7. The highest BCUT2D eigenvalue weighted by molar-refractivity contribution is 5.95. The number of benzene rings is 1. The minimum atomic E-state index is -0.0130. The number of nitrogens with zero attached hydrogens (tertiary/aromatic N) is 4. The standard InChI is InChI=1S/C18H21N5O3/c24-18(13-1-2-14-15(9-13)26-11-25-14)22-7-8-23-16(10-22)20-21-17(23)12-3-5-19-6-4-12/h1-2,9,12,19H,3-8,10-11H2. The molecule has 0 spiro atoms. The van der Waals surface area contributed by atoms with Gasteiger partial charge < -0.3 is 24.3 Å². The topological polar surface area (TPSA) is 81.5 Å². The molecular weight excluding hydrogens is 334 g/mol. The molecule has 136 valence electrons. The van der Waals surface area contributed by atoms with Crippen molar-refractivity contribution in [1.82, 2.24) is 25.0 Å². The Balaban J connectivity index is 1.34. The van der Waals surface area contributed by atoms with Crippen LogP contribution < -0.4 is 14.8 Å². The molecule has 1 N–H and O–H groups in total. The van der Waals surface area contributed by atoms with Crippen molar-refractivity contribution in [2.75, 3.05) is 26.4 Å². The zero-order valence-electron chi connectivity index (χ0n) is 14.5. The molecule has 0 saturated carbocycles. The number of amides is 1. The number of aromatic nitrogens is 3. The second kappa shape index (κ2) is 6.28. The Morgan fingerprint density at radius 1 is 1.12 bits per heavy atom. The number of rotatable bonds is 2. The lowest BCUT2D eigenvalue weighted by Crippen LogP contribution is -2.39. The molecule has 0 aliphatic carbocycles. The lowest BCUT2D eigenvalue weighted by atomic mass is 9.97. The SMILES string of the molecule is O=C(c1ccc2c(c1)OCO2)N1CCn2c(nnc2C2CCNCC2)C1. The van der Waals surface area contributed by atoms with Crippen LogP contribution >= 0.6 is 0 Å². The maximum atomic E-state index is 12.9. The van der Waals surface area contributed by atoms with Gasteiger partial charge in [-0.3, -0.25) is 4.79 Å². The van der Waals surface area contributed by atoms with Crippen molar-refractivity contribution < 1.29 is 14.3 Å². The van der Waals surface area contributed by atoms with E-state index in [0.29, 0.717) is 36.1 Å². The van der Waals surface area contributed by atoms with Crippen LogP contribution in [-0.2, 0) is 13.1 Å². The molecule has 2 aromatic rings. The van der Waals surface area contributed by atoms with Crippen LogP contribution in [0.25, 0.3) is 0 Å². The van der Waals surface area contributed by atoms with Crippen molar-refractivity contribution in [2.24, 2.45) is 0 Å². The summed E-state index contributed by atoms with van der Waals surface area (Å²) in [6.45, 7) is 4.17. The first-order valence-electron chi connectivity index (χ1n) is 9.11. The molecule has 1 amide bonds. The van der Waals surface area contributed by atoms with E-state index in [-0.39, 0.29) is 12.7 Å². The number of hydrogen-bond donors (Lipinski definition) is 1. The molecule has 8 nitrogen and oxygen atoms in total. The predicted octanol–water partition coefficient (Wildman–Crippen LogP) is 1.13. The first-order chi connectivity index (χ1) is 12.8. The fourth-order valence-corrected chi connectivity index (χ4v) is 3.95. The minimum absolute atomic E-state index is 0.0130. The number of fused-ring (bicyclic) bond motifs is 2. The van der Waals surface area contributed by atoms with Crippen molar-refractivity contribution in [3.8, 4) is 11.5 Å². The van der Waals surface area contributed by atoms with E-state index in [0.717, 1.165) is 44.1 Å². The van der Waals surface area contributed by atoms with Crippen molar-refractivity contribution in [2.45, 2.75) is 31.8 Å². The highest BCUT2D eigenvalue weighted by Crippen LogP contribution is 2.33. The third-order valence-corrected chi connectivity index (χ3v) is 5.39. The van der Waals surface area contributed by atoms with Crippen LogP contribution in [-0.4, -0.2) is 52.0 Å². The monoisotopic (exact) mass is 355 g/mol. The summed E-state index contributed by atoms with van der Waals surface area (Å²) in [6, 6.07) is 5.33. The second-order valence-electron chi connectivity index (χ2n) is 6.95. The van der Waals surface area contributed by atoms with Crippen LogP contribution in [0.5, 0.6) is 11.5 Å². The van der Waals surface area contributed by atoms with Gasteiger partial charge in [-0.2, -0.15) is 0 Å². The van der Waals surface area contributed by atoms with Crippen LogP contribution in [0.1, 0.15) is 40.8 Å². The van der Waals surface area contributed by atoms with E-state index in [4.69, 9.17) is 9.47 Å². The molecule has 3 aliphatic heterocycles. The second-order valence-corrected chi connectivity index (χ2v) is 6.95. The van der Waals surface area contributed by atoms with Crippen molar-refractivity contribution in [3.05, 3.63) is 35.4 Å². The summed E-state index contributed by atoms with van der Waals surface area (Å²) in [7, 11) is 0. The molecule has 0 bridgehead atoms. The molecule has 8 heteroatoms. The minimum Gasteiger partial charge on any atom is -0.454 e. The third kappa shape index (κ3) is 2.61. The van der Waals surface area contributed by atoms with Gasteiger partial charge in [-0.05, 0) is 44.1 Å². The molecule has 3 aliphatic rings. The van der Waals surface area contributed by atoms with Crippen molar-refractivity contribution in [3.63, 3.8) is 0 Å². The molecular formula is C18H21N5O3. The Bertz CT molecular complexity index is 843. The van der Waals surface area contributed by atoms with Crippen LogP contribution in [0, 0.1) is 0 Å². The van der Waals surface area contributed by atoms with Gasteiger partial charge in [-0.25, -0.2) is 0 Å². The highest BCUT2D eigenvalue weighted by Gasteiger charge is 2.29. The maximum absolute atomic E-state index is 12.9. The van der Waals surface area contributed by atoms with Crippen LogP contribution in [0.15, 0.2) is 18.2 Å². The Hall–Kier alpha value is -2.61. The fourth-order valence-electron chi connectivity index (χ4n) is 3.95. The predicted molar refractivity (Wildman–Crippen MR) is 92.2 cm³/mol. The van der Waals surface area contributed by atoms with Gasteiger partial charge in [0.2, 0.25) is 6.79 Å². The lowest BCUT2D eigenvalue weighted by molar-refractivity contribution is 0.0705. The van der Waals surface area contributed by atoms with Gasteiger partial charge in [0.25, 0.3) is 5.91 Å². The molecule has 1 fully saturated rings. The molecule has 1 aromatic carbocycles. The molecule has 4 heterocycles. The first kappa shape index (κ1) is 15.6. The van der Waals surface area contributed by atoms with Gasteiger partial charge in [0.1, 0.15) is 5.82 Å². The van der Waals surface area contributed by atoms with Crippen LogP contribution in [0.2, 0.25) is 0 Å². The molecule has 1 aromatic heterocycles. The smallest absolute Gasteiger partial charge is 0.254 e. The number of ether oxygens (including phenoxy) is 2. The van der Waals surface area contributed by atoms with Gasteiger partial charge in [0, 0.05) is 24.6 Å². The Morgan fingerprint density at radius 2 is 1.96 bits per heavy atom. The molecule has 0 unspecified atom stereocenters. The van der Waals surface area contributed by atoms with E-state index in [1.807, 2.05) is 4.90 Å². The molecule has 0 atom stereocenters. The number of hydrogen-bond acceptors (Lipinski definition) is 6. The van der Waals surface area contributed by atoms with E-state index < -0.39 is 0 Å². The molecule has 5 rings (SSSR count). The van der Waals surface area contributed by atoms with E-state index in [9.17, 15) is 4.79 Å². The Morgan fingerprint density at radius 3 is 2.85 bits per heavy atom. The first-order valence-corrected chi connectivity index (χ1v) is 9.11. The van der Waals surface area contributed by atoms with Gasteiger partial charge in [-0.15, -0.1) is 10.2 Å². The average molecular weight is 355 g/mol. The number of carbonyl (C=O) groups is 1. The highest BCUT2D eigenvalue weighted by atomic mass is 16.7. The van der Waals surface area contributed by atoms with E-state index in [2.05, 4.69) is 20.1 Å². The van der Waals surface area contributed by atoms with E-state index in [1.165, 1.54) is 0 Å². The van der Waals surface area contributed by atoms with Gasteiger partial charge >= 0.3 is 0 Å².